The average Bonchev–Trinajstić information content (AvgIpc) is 3.18. The van der Waals surface area contributed by atoms with Gasteiger partial charge in [-0.15, -0.1) is 0 Å². The van der Waals surface area contributed by atoms with Crippen molar-refractivity contribution in [2.45, 2.75) is 4.90 Å². The van der Waals surface area contributed by atoms with Crippen LogP contribution in [0.1, 0.15) is 10.4 Å². The van der Waals surface area contributed by atoms with Gasteiger partial charge in [0.05, 0.1) is 28.0 Å². The van der Waals surface area contributed by atoms with Crippen molar-refractivity contribution in [3.63, 3.8) is 0 Å². The monoisotopic (exact) mass is 419 g/mol. The standard InChI is InChI=1S/C22H17N3O4S/c26-22(27)17-13-11-16(12-14-17)21-20(15-25(23-21)18-7-3-1-4-8-18)24-30(28,29)19-9-5-2-6-10-19/h1-15,24H,(H,26,27). The Hall–Kier alpha value is -3.91. The predicted octanol–water partition coefficient (Wildman–Crippen LogP) is 4.04. The van der Waals surface area contributed by atoms with Gasteiger partial charge in [-0.05, 0) is 36.4 Å². The van der Waals surface area contributed by atoms with Crippen molar-refractivity contribution in [3.05, 3.63) is 96.7 Å². The minimum atomic E-state index is -3.83. The van der Waals surface area contributed by atoms with E-state index in [4.69, 9.17) is 5.11 Å². The fourth-order valence-electron chi connectivity index (χ4n) is 2.95. The van der Waals surface area contributed by atoms with Crippen LogP contribution in [0.2, 0.25) is 0 Å². The van der Waals surface area contributed by atoms with Crippen LogP contribution in [0.4, 0.5) is 5.69 Å². The number of para-hydroxylation sites is 1. The van der Waals surface area contributed by atoms with E-state index in [0.717, 1.165) is 5.69 Å². The molecule has 0 saturated carbocycles. The van der Waals surface area contributed by atoms with Gasteiger partial charge in [-0.3, -0.25) is 4.72 Å². The van der Waals surface area contributed by atoms with E-state index >= 15 is 0 Å². The number of sulfonamides is 1. The highest BCUT2D eigenvalue weighted by Gasteiger charge is 2.20. The molecular weight excluding hydrogens is 402 g/mol. The predicted molar refractivity (Wildman–Crippen MR) is 113 cm³/mol. The first-order valence-corrected chi connectivity index (χ1v) is 10.5. The summed E-state index contributed by atoms with van der Waals surface area (Å²) in [6.45, 7) is 0. The molecule has 0 aliphatic carbocycles. The Morgan fingerprint density at radius 2 is 1.47 bits per heavy atom. The molecule has 4 aromatic rings. The highest BCUT2D eigenvalue weighted by molar-refractivity contribution is 7.92. The first kappa shape index (κ1) is 19.4. The minimum Gasteiger partial charge on any atom is -0.478 e. The lowest BCUT2D eigenvalue weighted by Gasteiger charge is -2.08. The molecule has 7 nitrogen and oxygen atoms in total. The Morgan fingerprint density at radius 1 is 0.867 bits per heavy atom. The molecule has 150 valence electrons. The molecule has 0 aliphatic rings. The number of carboxylic acid groups (broad SMARTS) is 1. The van der Waals surface area contributed by atoms with Gasteiger partial charge in [0.25, 0.3) is 10.0 Å². The zero-order valence-corrected chi connectivity index (χ0v) is 16.5. The molecule has 30 heavy (non-hydrogen) atoms. The van der Waals surface area contributed by atoms with Gasteiger partial charge in [-0.25, -0.2) is 17.9 Å². The molecule has 4 rings (SSSR count). The normalized spacial score (nSPS) is 11.2. The molecule has 0 aliphatic heterocycles. The number of nitrogens with zero attached hydrogens (tertiary/aromatic N) is 2. The summed E-state index contributed by atoms with van der Waals surface area (Å²) < 4.78 is 29.9. The van der Waals surface area contributed by atoms with Crippen LogP contribution in [0.3, 0.4) is 0 Å². The van der Waals surface area contributed by atoms with Crippen molar-refractivity contribution < 1.29 is 18.3 Å². The highest BCUT2D eigenvalue weighted by atomic mass is 32.2. The minimum absolute atomic E-state index is 0.129. The van der Waals surface area contributed by atoms with Gasteiger partial charge in [0, 0.05) is 5.56 Å². The number of benzene rings is 3. The zero-order valence-electron chi connectivity index (χ0n) is 15.6. The molecule has 0 atom stereocenters. The maximum atomic E-state index is 12.8. The van der Waals surface area contributed by atoms with Crippen molar-refractivity contribution in [3.8, 4) is 16.9 Å². The number of carbonyl (C=O) groups is 1. The lowest BCUT2D eigenvalue weighted by atomic mass is 10.1. The largest absolute Gasteiger partial charge is 0.478 e. The molecule has 1 heterocycles. The Labute approximate surface area is 173 Å². The van der Waals surface area contributed by atoms with Crippen LogP contribution in [0.5, 0.6) is 0 Å². The van der Waals surface area contributed by atoms with E-state index in [2.05, 4.69) is 9.82 Å². The molecule has 8 heteroatoms. The molecule has 3 aromatic carbocycles. The van der Waals surface area contributed by atoms with Gasteiger partial charge in [0.15, 0.2) is 0 Å². The SMILES string of the molecule is O=C(O)c1ccc(-c2nn(-c3ccccc3)cc2NS(=O)(=O)c2ccccc2)cc1. The van der Waals surface area contributed by atoms with E-state index in [-0.39, 0.29) is 16.1 Å². The average molecular weight is 419 g/mol. The van der Waals surface area contributed by atoms with Gasteiger partial charge in [0.2, 0.25) is 0 Å². The van der Waals surface area contributed by atoms with Crippen molar-refractivity contribution in [1.82, 2.24) is 9.78 Å². The topological polar surface area (TPSA) is 101 Å². The number of hydrogen-bond donors (Lipinski definition) is 2. The zero-order chi connectivity index (χ0) is 21.1. The number of anilines is 1. The summed E-state index contributed by atoms with van der Waals surface area (Å²) in [5, 5.41) is 13.7. The third kappa shape index (κ3) is 3.94. The molecule has 0 amide bonds. The number of rotatable bonds is 6. The second kappa shape index (κ2) is 7.84. The number of nitrogens with one attached hydrogen (secondary N) is 1. The molecule has 0 saturated heterocycles. The summed E-state index contributed by atoms with van der Waals surface area (Å²) in [4.78, 5) is 11.3. The van der Waals surface area contributed by atoms with Crippen LogP contribution in [-0.4, -0.2) is 29.3 Å². The van der Waals surface area contributed by atoms with Crippen molar-refractivity contribution in [2.24, 2.45) is 0 Å². The van der Waals surface area contributed by atoms with Crippen molar-refractivity contribution >= 4 is 21.7 Å². The van der Waals surface area contributed by atoms with Gasteiger partial charge in [-0.1, -0.05) is 48.5 Å². The Kier molecular flexibility index (Phi) is 5.07. The van der Waals surface area contributed by atoms with E-state index < -0.39 is 16.0 Å². The third-order valence-electron chi connectivity index (χ3n) is 4.44. The Bertz CT molecular complexity index is 1280. The van der Waals surface area contributed by atoms with Crippen LogP contribution >= 0.6 is 0 Å². The van der Waals surface area contributed by atoms with Crippen LogP contribution in [0.25, 0.3) is 16.9 Å². The van der Waals surface area contributed by atoms with Gasteiger partial charge in [0.1, 0.15) is 5.69 Å². The van der Waals surface area contributed by atoms with Crippen molar-refractivity contribution in [2.75, 3.05) is 4.72 Å². The summed E-state index contributed by atoms with van der Waals surface area (Å²) in [6, 6.07) is 23.4. The van der Waals surface area contributed by atoms with E-state index in [1.54, 1.807) is 41.2 Å². The van der Waals surface area contributed by atoms with Crippen LogP contribution < -0.4 is 4.72 Å². The van der Waals surface area contributed by atoms with E-state index in [0.29, 0.717) is 11.3 Å². The molecule has 2 N–H and O–H groups in total. The third-order valence-corrected chi connectivity index (χ3v) is 5.82. The van der Waals surface area contributed by atoms with Gasteiger partial charge < -0.3 is 5.11 Å². The van der Waals surface area contributed by atoms with Crippen molar-refractivity contribution in [1.29, 1.82) is 0 Å². The van der Waals surface area contributed by atoms with E-state index in [1.807, 2.05) is 30.3 Å². The number of aromatic nitrogens is 2. The lowest BCUT2D eigenvalue weighted by Crippen LogP contribution is -2.13. The molecule has 0 spiro atoms. The molecule has 0 radical (unpaired) electrons. The maximum Gasteiger partial charge on any atom is 0.335 e. The van der Waals surface area contributed by atoms with Crippen LogP contribution in [0, 0.1) is 0 Å². The quantitative estimate of drug-likeness (QED) is 0.491. The summed E-state index contributed by atoms with van der Waals surface area (Å²) in [5.74, 6) is -1.04. The summed E-state index contributed by atoms with van der Waals surface area (Å²) in [6.07, 6.45) is 1.59. The second-order valence-corrected chi connectivity index (χ2v) is 8.15. The molecule has 0 bridgehead atoms. The Balaban J connectivity index is 1.80. The smallest absolute Gasteiger partial charge is 0.335 e. The first-order chi connectivity index (χ1) is 14.4. The first-order valence-electron chi connectivity index (χ1n) is 9.01. The van der Waals surface area contributed by atoms with Gasteiger partial charge >= 0.3 is 5.97 Å². The lowest BCUT2D eigenvalue weighted by molar-refractivity contribution is 0.0697. The molecular formula is C22H17N3O4S. The fourth-order valence-corrected chi connectivity index (χ4v) is 4.02. The highest BCUT2D eigenvalue weighted by Crippen LogP contribution is 2.30. The van der Waals surface area contributed by atoms with Gasteiger partial charge in [-0.2, -0.15) is 5.10 Å². The summed E-state index contributed by atoms with van der Waals surface area (Å²) in [5.41, 5.74) is 2.14. The number of aromatic carboxylic acids is 1. The van der Waals surface area contributed by atoms with Crippen LogP contribution in [0.15, 0.2) is 96.0 Å². The second-order valence-electron chi connectivity index (χ2n) is 6.47. The Morgan fingerprint density at radius 3 is 2.07 bits per heavy atom. The molecule has 0 unspecified atom stereocenters. The number of carboxylic acids is 1. The summed E-state index contributed by atoms with van der Waals surface area (Å²) >= 11 is 0. The summed E-state index contributed by atoms with van der Waals surface area (Å²) in [7, 11) is -3.83. The van der Waals surface area contributed by atoms with E-state index in [1.165, 1.54) is 24.3 Å². The van der Waals surface area contributed by atoms with E-state index in [9.17, 15) is 13.2 Å². The molecule has 1 aromatic heterocycles. The fraction of sp³-hybridized carbons (Fsp3) is 0. The molecule has 0 fully saturated rings. The number of hydrogen-bond acceptors (Lipinski definition) is 4. The maximum absolute atomic E-state index is 12.8. The van der Waals surface area contributed by atoms with Crippen LogP contribution in [-0.2, 0) is 10.0 Å².